The first kappa shape index (κ1) is 21.8. The van der Waals surface area contributed by atoms with E-state index in [1.54, 1.807) is 78.9 Å². The predicted molar refractivity (Wildman–Crippen MR) is 123 cm³/mol. The molecule has 1 aliphatic rings. The summed E-state index contributed by atoms with van der Waals surface area (Å²) in [5.41, 5.74) is 1.89. The van der Waals surface area contributed by atoms with Gasteiger partial charge in [-0.1, -0.05) is 24.3 Å². The van der Waals surface area contributed by atoms with Gasteiger partial charge in [0.25, 0.3) is 0 Å². The van der Waals surface area contributed by atoms with Crippen molar-refractivity contribution in [1.29, 1.82) is 0 Å². The van der Waals surface area contributed by atoms with E-state index in [-0.39, 0.29) is 11.6 Å². The SMILES string of the molecule is CCOc1ccc(C2=N/C(=C\c3ccc(OC(=O)c4ccccc4OC)cc3)C(=O)O2)cc1. The minimum absolute atomic E-state index is 0.178. The fraction of sp³-hybridized carbons (Fsp3) is 0.115. The third kappa shape index (κ3) is 5.10. The van der Waals surface area contributed by atoms with Crippen molar-refractivity contribution in [2.75, 3.05) is 13.7 Å². The van der Waals surface area contributed by atoms with Gasteiger partial charge in [0.1, 0.15) is 22.8 Å². The van der Waals surface area contributed by atoms with Gasteiger partial charge in [0.05, 0.1) is 13.7 Å². The predicted octanol–water partition coefficient (Wildman–Crippen LogP) is 4.66. The normalized spacial score (nSPS) is 13.9. The van der Waals surface area contributed by atoms with Crippen LogP contribution in [0.25, 0.3) is 6.08 Å². The van der Waals surface area contributed by atoms with Gasteiger partial charge < -0.3 is 18.9 Å². The smallest absolute Gasteiger partial charge is 0.363 e. The van der Waals surface area contributed by atoms with Crippen LogP contribution in [-0.4, -0.2) is 31.6 Å². The quantitative estimate of drug-likeness (QED) is 0.300. The molecule has 3 aromatic rings. The Morgan fingerprint density at radius 1 is 0.970 bits per heavy atom. The molecule has 0 radical (unpaired) electrons. The van der Waals surface area contributed by atoms with E-state index in [1.165, 1.54) is 7.11 Å². The number of ether oxygens (including phenoxy) is 4. The highest BCUT2D eigenvalue weighted by molar-refractivity contribution is 6.12. The third-order valence-electron chi connectivity index (χ3n) is 4.75. The highest BCUT2D eigenvalue weighted by Gasteiger charge is 2.24. The zero-order valence-corrected chi connectivity index (χ0v) is 18.1. The summed E-state index contributed by atoms with van der Waals surface area (Å²) in [5, 5.41) is 0. The Morgan fingerprint density at radius 3 is 2.36 bits per heavy atom. The zero-order chi connectivity index (χ0) is 23.2. The van der Waals surface area contributed by atoms with E-state index in [0.717, 1.165) is 5.75 Å². The number of carbonyl (C=O) groups excluding carboxylic acids is 2. The van der Waals surface area contributed by atoms with Gasteiger partial charge in [-0.15, -0.1) is 0 Å². The van der Waals surface area contributed by atoms with Crippen LogP contribution in [0.2, 0.25) is 0 Å². The molecule has 0 atom stereocenters. The monoisotopic (exact) mass is 443 g/mol. The highest BCUT2D eigenvalue weighted by atomic mass is 16.6. The van der Waals surface area contributed by atoms with Gasteiger partial charge in [0.15, 0.2) is 5.70 Å². The summed E-state index contributed by atoms with van der Waals surface area (Å²) in [5.74, 6) is 0.698. The average Bonchev–Trinajstić information content (AvgIpc) is 3.21. The Hall–Kier alpha value is -4.39. The fourth-order valence-corrected chi connectivity index (χ4v) is 3.16. The van der Waals surface area contributed by atoms with Crippen molar-refractivity contribution in [3.05, 3.63) is 95.2 Å². The number of para-hydroxylation sites is 1. The maximum absolute atomic E-state index is 12.4. The molecular formula is C26H21NO6. The number of esters is 2. The van der Waals surface area contributed by atoms with Gasteiger partial charge in [0, 0.05) is 5.56 Å². The molecule has 7 nitrogen and oxygen atoms in total. The van der Waals surface area contributed by atoms with Crippen LogP contribution in [0.4, 0.5) is 0 Å². The van der Waals surface area contributed by atoms with Crippen LogP contribution in [0.3, 0.4) is 0 Å². The number of cyclic esters (lactones) is 1. The lowest BCUT2D eigenvalue weighted by molar-refractivity contribution is -0.129. The lowest BCUT2D eigenvalue weighted by Crippen LogP contribution is -2.09. The van der Waals surface area contributed by atoms with E-state index in [2.05, 4.69) is 4.99 Å². The molecule has 4 rings (SSSR count). The number of hydrogen-bond donors (Lipinski definition) is 0. The summed E-state index contributed by atoms with van der Waals surface area (Å²) in [6.45, 7) is 2.48. The number of carbonyl (C=O) groups is 2. The Bertz CT molecular complexity index is 1230. The van der Waals surface area contributed by atoms with Crippen molar-refractivity contribution in [1.82, 2.24) is 0 Å². The van der Waals surface area contributed by atoms with Crippen molar-refractivity contribution in [2.24, 2.45) is 4.99 Å². The van der Waals surface area contributed by atoms with Gasteiger partial charge in [-0.2, -0.15) is 0 Å². The number of hydrogen-bond acceptors (Lipinski definition) is 7. The van der Waals surface area contributed by atoms with Crippen LogP contribution in [0, 0.1) is 0 Å². The summed E-state index contributed by atoms with van der Waals surface area (Å²) >= 11 is 0. The summed E-state index contributed by atoms with van der Waals surface area (Å²) in [6, 6.07) is 20.7. The lowest BCUT2D eigenvalue weighted by Gasteiger charge is -2.08. The molecule has 0 aliphatic carbocycles. The fourth-order valence-electron chi connectivity index (χ4n) is 3.16. The molecule has 3 aromatic carbocycles. The van der Waals surface area contributed by atoms with Crippen LogP contribution < -0.4 is 14.2 Å². The molecule has 0 spiro atoms. The standard InChI is InChI=1S/C26H21NO6/c1-3-31-19-14-10-18(11-15-19)24-27-22(26(29)33-24)16-17-8-12-20(13-9-17)32-25(28)21-6-4-5-7-23(21)30-2/h4-16H,3H2,1-2H3/b22-16-. The molecule has 0 aromatic heterocycles. The van der Waals surface area contributed by atoms with Gasteiger partial charge in [-0.3, -0.25) is 0 Å². The van der Waals surface area contributed by atoms with Gasteiger partial charge in [-0.25, -0.2) is 14.6 Å². The van der Waals surface area contributed by atoms with Gasteiger partial charge in [0.2, 0.25) is 5.90 Å². The lowest BCUT2D eigenvalue weighted by atomic mass is 10.2. The molecular weight excluding hydrogens is 422 g/mol. The van der Waals surface area contributed by atoms with E-state index < -0.39 is 11.9 Å². The average molecular weight is 443 g/mol. The van der Waals surface area contributed by atoms with Crippen molar-refractivity contribution >= 4 is 23.9 Å². The largest absolute Gasteiger partial charge is 0.496 e. The van der Waals surface area contributed by atoms with Gasteiger partial charge >= 0.3 is 11.9 Å². The molecule has 0 saturated heterocycles. The van der Waals surface area contributed by atoms with Crippen molar-refractivity contribution in [3.63, 3.8) is 0 Å². The van der Waals surface area contributed by atoms with Crippen LogP contribution in [-0.2, 0) is 9.53 Å². The second-order valence-electron chi connectivity index (χ2n) is 6.95. The number of methoxy groups -OCH3 is 1. The first-order valence-corrected chi connectivity index (χ1v) is 10.3. The van der Waals surface area contributed by atoms with Crippen LogP contribution in [0.1, 0.15) is 28.4 Å². The molecule has 0 bridgehead atoms. The number of rotatable bonds is 7. The van der Waals surface area contributed by atoms with Gasteiger partial charge in [-0.05, 0) is 67.1 Å². The molecule has 0 amide bonds. The van der Waals surface area contributed by atoms with E-state index >= 15 is 0 Å². The molecule has 0 fully saturated rings. The molecule has 1 aliphatic heterocycles. The van der Waals surface area contributed by atoms with Crippen LogP contribution in [0.5, 0.6) is 17.2 Å². The Kier molecular flexibility index (Phi) is 6.50. The number of aliphatic imine (C=N–C) groups is 1. The van der Waals surface area contributed by atoms with Crippen LogP contribution in [0.15, 0.2) is 83.5 Å². The molecule has 1 heterocycles. The zero-order valence-electron chi connectivity index (χ0n) is 18.1. The molecule has 166 valence electrons. The second-order valence-corrected chi connectivity index (χ2v) is 6.95. The Morgan fingerprint density at radius 2 is 1.67 bits per heavy atom. The topological polar surface area (TPSA) is 83.4 Å². The van der Waals surface area contributed by atoms with Crippen molar-refractivity contribution in [2.45, 2.75) is 6.92 Å². The Balaban J connectivity index is 1.47. The number of nitrogens with zero attached hydrogens (tertiary/aromatic N) is 1. The summed E-state index contributed by atoms with van der Waals surface area (Å²) in [6.07, 6.45) is 1.61. The number of benzene rings is 3. The van der Waals surface area contributed by atoms with E-state index in [1.807, 2.05) is 6.92 Å². The highest BCUT2D eigenvalue weighted by Crippen LogP contribution is 2.23. The summed E-state index contributed by atoms with van der Waals surface area (Å²) in [4.78, 5) is 29.0. The first-order valence-electron chi connectivity index (χ1n) is 10.3. The molecule has 0 saturated carbocycles. The maximum atomic E-state index is 12.4. The van der Waals surface area contributed by atoms with E-state index in [0.29, 0.717) is 34.8 Å². The summed E-state index contributed by atoms with van der Waals surface area (Å²) < 4.78 is 21.3. The molecule has 0 N–H and O–H groups in total. The van der Waals surface area contributed by atoms with Crippen molar-refractivity contribution < 1.29 is 28.5 Å². The molecule has 7 heteroatoms. The Labute approximate surface area is 190 Å². The molecule has 0 unspecified atom stereocenters. The van der Waals surface area contributed by atoms with E-state index in [9.17, 15) is 9.59 Å². The first-order chi connectivity index (χ1) is 16.1. The van der Waals surface area contributed by atoms with Crippen molar-refractivity contribution in [3.8, 4) is 17.2 Å². The van der Waals surface area contributed by atoms with Crippen LogP contribution >= 0.6 is 0 Å². The minimum atomic E-state index is -0.537. The third-order valence-corrected chi connectivity index (χ3v) is 4.75. The van der Waals surface area contributed by atoms with E-state index in [4.69, 9.17) is 18.9 Å². The summed E-state index contributed by atoms with van der Waals surface area (Å²) in [7, 11) is 1.49. The minimum Gasteiger partial charge on any atom is -0.496 e. The molecule has 33 heavy (non-hydrogen) atoms. The second kappa shape index (κ2) is 9.82. The maximum Gasteiger partial charge on any atom is 0.363 e.